The monoisotopic (exact) mass is 350 g/mol. The smallest absolute Gasteiger partial charge is 0.226 e. The Labute approximate surface area is 131 Å². The lowest BCUT2D eigenvalue weighted by Crippen LogP contribution is -2.21. The van der Waals surface area contributed by atoms with Crippen molar-refractivity contribution in [2.75, 3.05) is 5.32 Å². The molecular formula is C16H16BrFN2O. The predicted octanol–water partition coefficient (Wildman–Crippen LogP) is 3.93. The highest BCUT2D eigenvalue weighted by Crippen LogP contribution is 2.24. The zero-order valence-corrected chi connectivity index (χ0v) is 13.2. The van der Waals surface area contributed by atoms with Gasteiger partial charge in [-0.15, -0.1) is 0 Å². The maximum Gasteiger partial charge on any atom is 0.226 e. The summed E-state index contributed by atoms with van der Waals surface area (Å²) >= 11 is 3.11. The number of rotatable bonds is 4. The van der Waals surface area contributed by atoms with Gasteiger partial charge in [0.15, 0.2) is 0 Å². The SMILES string of the molecule is Cc1cc(Br)c(F)cc1NC(=O)CC(N)c1ccccc1. The van der Waals surface area contributed by atoms with Crippen LogP contribution in [0.1, 0.15) is 23.6 Å². The second-order valence-electron chi connectivity index (χ2n) is 4.85. The van der Waals surface area contributed by atoms with Gasteiger partial charge in [-0.2, -0.15) is 0 Å². The summed E-state index contributed by atoms with van der Waals surface area (Å²) in [5.74, 6) is -0.653. The van der Waals surface area contributed by atoms with Gasteiger partial charge >= 0.3 is 0 Å². The van der Waals surface area contributed by atoms with Crippen LogP contribution in [0, 0.1) is 12.7 Å². The number of benzene rings is 2. The van der Waals surface area contributed by atoms with E-state index >= 15 is 0 Å². The summed E-state index contributed by atoms with van der Waals surface area (Å²) < 4.78 is 13.9. The summed E-state index contributed by atoms with van der Waals surface area (Å²) in [5, 5.41) is 2.70. The van der Waals surface area contributed by atoms with E-state index in [-0.39, 0.29) is 18.4 Å². The van der Waals surface area contributed by atoms with E-state index in [1.54, 1.807) is 13.0 Å². The minimum absolute atomic E-state index is 0.140. The highest BCUT2D eigenvalue weighted by molar-refractivity contribution is 9.10. The number of nitrogens with two attached hydrogens (primary N) is 1. The molecule has 0 aliphatic heterocycles. The summed E-state index contributed by atoms with van der Waals surface area (Å²) in [7, 11) is 0. The molecule has 1 unspecified atom stereocenters. The van der Waals surface area contributed by atoms with E-state index in [1.165, 1.54) is 6.07 Å². The number of amides is 1. The number of carbonyl (C=O) groups excluding carboxylic acids is 1. The Morgan fingerprint density at radius 3 is 2.67 bits per heavy atom. The number of hydrogen-bond donors (Lipinski definition) is 2. The molecule has 2 aromatic carbocycles. The molecule has 21 heavy (non-hydrogen) atoms. The van der Waals surface area contributed by atoms with Gasteiger partial charge in [0.25, 0.3) is 0 Å². The number of hydrogen-bond acceptors (Lipinski definition) is 2. The molecule has 0 bridgehead atoms. The molecule has 0 fully saturated rings. The van der Waals surface area contributed by atoms with E-state index in [0.717, 1.165) is 11.1 Å². The van der Waals surface area contributed by atoms with Crippen LogP contribution in [0.15, 0.2) is 46.9 Å². The topological polar surface area (TPSA) is 55.1 Å². The maximum atomic E-state index is 13.5. The number of aryl methyl sites for hydroxylation is 1. The molecule has 0 aromatic heterocycles. The van der Waals surface area contributed by atoms with Crippen molar-refractivity contribution < 1.29 is 9.18 Å². The zero-order chi connectivity index (χ0) is 15.4. The molecule has 110 valence electrons. The van der Waals surface area contributed by atoms with Gasteiger partial charge in [-0.1, -0.05) is 30.3 Å². The lowest BCUT2D eigenvalue weighted by atomic mass is 10.0. The summed E-state index contributed by atoms with van der Waals surface area (Å²) in [6.07, 6.45) is 0.140. The molecule has 0 spiro atoms. The van der Waals surface area contributed by atoms with Gasteiger partial charge < -0.3 is 11.1 Å². The molecule has 0 aliphatic rings. The van der Waals surface area contributed by atoms with Crippen molar-refractivity contribution in [1.82, 2.24) is 0 Å². The van der Waals surface area contributed by atoms with Crippen LogP contribution in [0.4, 0.5) is 10.1 Å². The van der Waals surface area contributed by atoms with Crippen LogP contribution in [0.3, 0.4) is 0 Å². The Kier molecular flexibility index (Phi) is 5.09. The van der Waals surface area contributed by atoms with Crippen molar-refractivity contribution >= 4 is 27.5 Å². The van der Waals surface area contributed by atoms with E-state index in [9.17, 15) is 9.18 Å². The average Bonchev–Trinajstić information content (AvgIpc) is 2.45. The van der Waals surface area contributed by atoms with E-state index in [0.29, 0.717) is 10.2 Å². The maximum absolute atomic E-state index is 13.5. The average molecular weight is 351 g/mol. The standard InChI is InChI=1S/C16H16BrFN2O/c1-10-7-12(17)13(18)8-15(10)20-16(21)9-14(19)11-5-3-2-4-6-11/h2-8,14H,9,19H2,1H3,(H,20,21). The van der Waals surface area contributed by atoms with Crippen LogP contribution < -0.4 is 11.1 Å². The second kappa shape index (κ2) is 6.83. The fourth-order valence-electron chi connectivity index (χ4n) is 2.00. The van der Waals surface area contributed by atoms with Gasteiger partial charge in [-0.05, 0) is 46.1 Å². The number of carbonyl (C=O) groups is 1. The Bertz CT molecular complexity index is 646. The Morgan fingerprint density at radius 2 is 2.00 bits per heavy atom. The van der Waals surface area contributed by atoms with Gasteiger partial charge in [0, 0.05) is 18.2 Å². The van der Waals surface area contributed by atoms with Crippen molar-refractivity contribution in [2.24, 2.45) is 5.73 Å². The molecule has 0 aliphatic carbocycles. The van der Waals surface area contributed by atoms with Gasteiger partial charge in [0.1, 0.15) is 5.82 Å². The molecule has 0 radical (unpaired) electrons. The highest BCUT2D eigenvalue weighted by atomic mass is 79.9. The fourth-order valence-corrected chi connectivity index (χ4v) is 2.46. The van der Waals surface area contributed by atoms with Crippen LogP contribution in [0.2, 0.25) is 0 Å². The molecule has 1 atom stereocenters. The first kappa shape index (κ1) is 15.7. The van der Waals surface area contributed by atoms with Crippen molar-refractivity contribution in [3.63, 3.8) is 0 Å². The second-order valence-corrected chi connectivity index (χ2v) is 5.71. The minimum Gasteiger partial charge on any atom is -0.326 e. The van der Waals surface area contributed by atoms with Crippen molar-refractivity contribution in [1.29, 1.82) is 0 Å². The van der Waals surface area contributed by atoms with E-state index < -0.39 is 5.82 Å². The molecule has 0 saturated carbocycles. The Hall–Kier alpha value is -1.72. The molecule has 5 heteroatoms. The van der Waals surface area contributed by atoms with E-state index in [4.69, 9.17) is 5.73 Å². The summed E-state index contributed by atoms with van der Waals surface area (Å²) in [5.41, 5.74) is 8.14. The largest absolute Gasteiger partial charge is 0.326 e. The minimum atomic E-state index is -0.414. The third-order valence-electron chi connectivity index (χ3n) is 3.17. The lowest BCUT2D eigenvalue weighted by Gasteiger charge is -2.13. The first-order valence-electron chi connectivity index (χ1n) is 6.53. The molecular weight excluding hydrogens is 335 g/mol. The summed E-state index contributed by atoms with van der Waals surface area (Å²) in [6.45, 7) is 1.80. The normalized spacial score (nSPS) is 12.0. The highest BCUT2D eigenvalue weighted by Gasteiger charge is 2.13. The zero-order valence-electron chi connectivity index (χ0n) is 11.6. The number of halogens is 2. The molecule has 3 N–H and O–H groups in total. The third-order valence-corrected chi connectivity index (χ3v) is 3.78. The number of anilines is 1. The van der Waals surface area contributed by atoms with Gasteiger partial charge in [0.05, 0.1) is 4.47 Å². The van der Waals surface area contributed by atoms with Crippen molar-refractivity contribution in [3.05, 3.63) is 63.9 Å². The number of nitrogens with one attached hydrogen (secondary N) is 1. The van der Waals surface area contributed by atoms with E-state index in [1.807, 2.05) is 30.3 Å². The van der Waals surface area contributed by atoms with Gasteiger partial charge in [-0.25, -0.2) is 4.39 Å². The van der Waals surface area contributed by atoms with Gasteiger partial charge in [-0.3, -0.25) is 4.79 Å². The van der Waals surface area contributed by atoms with Crippen LogP contribution in [0.25, 0.3) is 0 Å². The van der Waals surface area contributed by atoms with Crippen LogP contribution in [0.5, 0.6) is 0 Å². The molecule has 3 nitrogen and oxygen atoms in total. The van der Waals surface area contributed by atoms with E-state index in [2.05, 4.69) is 21.2 Å². The summed E-state index contributed by atoms with van der Waals surface area (Å²) in [6, 6.07) is 11.9. The van der Waals surface area contributed by atoms with Crippen molar-refractivity contribution in [2.45, 2.75) is 19.4 Å². The Morgan fingerprint density at radius 1 is 1.33 bits per heavy atom. The van der Waals surface area contributed by atoms with Crippen LogP contribution in [-0.2, 0) is 4.79 Å². The first-order valence-corrected chi connectivity index (χ1v) is 7.32. The van der Waals surface area contributed by atoms with Gasteiger partial charge in [0.2, 0.25) is 5.91 Å². The summed E-state index contributed by atoms with van der Waals surface area (Å²) in [4.78, 5) is 12.0. The molecule has 1 amide bonds. The lowest BCUT2D eigenvalue weighted by molar-refractivity contribution is -0.116. The molecule has 2 aromatic rings. The first-order chi connectivity index (χ1) is 9.97. The molecule has 2 rings (SSSR count). The molecule has 0 saturated heterocycles. The Balaban J connectivity index is 2.04. The van der Waals surface area contributed by atoms with Crippen molar-refractivity contribution in [3.8, 4) is 0 Å². The quantitative estimate of drug-likeness (QED) is 0.877. The predicted molar refractivity (Wildman–Crippen MR) is 85.5 cm³/mol. The van der Waals surface area contributed by atoms with Crippen LogP contribution in [-0.4, -0.2) is 5.91 Å². The third kappa shape index (κ3) is 4.12. The fraction of sp³-hybridized carbons (Fsp3) is 0.188. The van der Waals surface area contributed by atoms with Crippen LogP contribution >= 0.6 is 15.9 Å². The molecule has 0 heterocycles.